The van der Waals surface area contributed by atoms with Crippen molar-refractivity contribution in [3.05, 3.63) is 70.3 Å². The van der Waals surface area contributed by atoms with E-state index in [2.05, 4.69) is 9.37 Å². The summed E-state index contributed by atoms with van der Waals surface area (Å²) in [4.78, 5) is 2.38. The van der Waals surface area contributed by atoms with Gasteiger partial charge >= 0.3 is 0 Å². The maximum Gasteiger partial charge on any atom is 0.283 e. The van der Waals surface area contributed by atoms with Crippen molar-refractivity contribution in [2.24, 2.45) is 5.73 Å². The number of para-hydroxylation sites is 2. The molecule has 0 saturated carbocycles. The largest absolute Gasteiger partial charge is 0.398 e. The lowest BCUT2D eigenvalue weighted by Gasteiger charge is -2.18. The van der Waals surface area contributed by atoms with Gasteiger partial charge in [0.15, 0.2) is 5.88 Å². The minimum Gasteiger partial charge on any atom is -0.398 e. The zero-order valence-electron chi connectivity index (χ0n) is 16.3. The number of hydrogen-bond acceptors (Lipinski definition) is 10. The average Bonchev–Trinajstić information content (AvgIpc) is 3.25. The highest BCUT2D eigenvalue weighted by Crippen LogP contribution is 2.46. The lowest BCUT2D eigenvalue weighted by atomic mass is 10.3. The van der Waals surface area contributed by atoms with Gasteiger partial charge in [0.2, 0.25) is 11.4 Å². The molecule has 13 heteroatoms. The molecule has 4 N–H and O–H groups in total. The van der Waals surface area contributed by atoms with Crippen LogP contribution in [0, 0.1) is 0 Å². The summed E-state index contributed by atoms with van der Waals surface area (Å²) in [5.74, 6) is -0.247. The fourth-order valence-corrected chi connectivity index (χ4v) is 6.66. The van der Waals surface area contributed by atoms with E-state index >= 15 is 0 Å². The zero-order valence-corrected chi connectivity index (χ0v) is 19.6. The Balaban J connectivity index is 1.70. The predicted octanol–water partition coefficient (Wildman–Crippen LogP) is 3.81. The molecular formula is C19H18N3O6S4+. The van der Waals surface area contributed by atoms with E-state index in [0.717, 1.165) is 32.2 Å². The molecule has 0 amide bonds. The molecule has 2 aromatic carbocycles. The first-order valence-corrected chi connectivity index (χ1v) is 13.2. The van der Waals surface area contributed by atoms with Crippen LogP contribution >= 0.6 is 35.1 Å². The van der Waals surface area contributed by atoms with Crippen LogP contribution in [0.3, 0.4) is 0 Å². The Labute approximate surface area is 196 Å². The van der Waals surface area contributed by atoms with Crippen molar-refractivity contribution >= 4 is 67.2 Å². The third-order valence-electron chi connectivity index (χ3n) is 4.41. The van der Waals surface area contributed by atoms with Gasteiger partial charge < -0.3 is 10.6 Å². The Morgan fingerprint density at radius 1 is 1.22 bits per heavy atom. The fourth-order valence-electron chi connectivity index (χ4n) is 3.17. The molecule has 0 atom stereocenters. The predicted molar refractivity (Wildman–Crippen MR) is 126 cm³/mol. The van der Waals surface area contributed by atoms with Crippen LogP contribution in [0.15, 0.2) is 70.2 Å². The van der Waals surface area contributed by atoms with E-state index in [1.807, 2.05) is 41.0 Å². The quantitative estimate of drug-likeness (QED) is 0.102. The van der Waals surface area contributed by atoms with E-state index in [4.69, 9.17) is 11.0 Å². The van der Waals surface area contributed by atoms with E-state index in [-0.39, 0.29) is 0 Å². The Morgan fingerprint density at radius 2 is 1.97 bits per heavy atom. The molecule has 2 heterocycles. The van der Waals surface area contributed by atoms with Crippen molar-refractivity contribution in [3.8, 4) is 0 Å². The van der Waals surface area contributed by atoms with Crippen LogP contribution in [-0.4, -0.2) is 24.1 Å². The number of nitrogens with zero attached hydrogens (tertiary/aromatic N) is 2. The van der Waals surface area contributed by atoms with Gasteiger partial charge in [-0.2, -0.15) is 13.0 Å². The summed E-state index contributed by atoms with van der Waals surface area (Å²) in [6.45, 7) is 0. The molecule has 1 aliphatic heterocycles. The van der Waals surface area contributed by atoms with Crippen LogP contribution < -0.4 is 15.2 Å². The zero-order chi connectivity index (χ0) is 22.7. The second-order valence-electron chi connectivity index (χ2n) is 6.56. The Morgan fingerprint density at radius 3 is 2.75 bits per heavy atom. The Bertz CT molecular complexity index is 1310. The molecule has 0 spiro atoms. The SMILES string of the molecule is NC(=C\c1sc2ccccc2[n+]1CSOOO)/C=C1\Sc2ccccc2N1CS(=O)(=O)O. The molecule has 0 radical (unpaired) electrons. The highest BCUT2D eigenvalue weighted by molar-refractivity contribution is 8.03. The summed E-state index contributed by atoms with van der Waals surface area (Å²) in [6.07, 6.45) is 3.44. The molecule has 168 valence electrons. The minimum atomic E-state index is -4.25. The van der Waals surface area contributed by atoms with Crippen molar-refractivity contribution < 1.29 is 32.2 Å². The van der Waals surface area contributed by atoms with Crippen LogP contribution in [0.1, 0.15) is 5.01 Å². The van der Waals surface area contributed by atoms with Crippen molar-refractivity contribution in [1.29, 1.82) is 0 Å². The molecule has 0 aliphatic carbocycles. The normalized spacial score (nSPS) is 15.6. The highest BCUT2D eigenvalue weighted by Gasteiger charge is 2.28. The first kappa shape index (κ1) is 23.1. The number of fused-ring (bicyclic) bond motifs is 2. The number of anilines is 1. The number of hydrogen-bond donors (Lipinski definition) is 3. The van der Waals surface area contributed by atoms with E-state index in [0.29, 0.717) is 22.3 Å². The number of thioether (sulfide) groups is 1. The standard InChI is InChI=1S/C19H17N3O6S4/c20-13(9-18-21(11-29-28-27-23)14-5-1-3-7-16(14)30-18)10-19-22(12-32(24,25)26)15-6-2-4-8-17(15)31-19/h1-10,20H,11-12H2,(H2,23,24,25,26)/p+1/b19-10-. The molecular weight excluding hydrogens is 494 g/mol. The monoisotopic (exact) mass is 512 g/mol. The van der Waals surface area contributed by atoms with Crippen LogP contribution in [0.4, 0.5) is 5.69 Å². The van der Waals surface area contributed by atoms with Crippen molar-refractivity contribution in [1.82, 2.24) is 0 Å². The maximum atomic E-state index is 11.6. The van der Waals surface area contributed by atoms with Crippen LogP contribution in [0.2, 0.25) is 0 Å². The summed E-state index contributed by atoms with van der Waals surface area (Å²) in [5.41, 5.74) is 8.35. The lowest BCUT2D eigenvalue weighted by Crippen LogP contribution is -2.33. The number of aromatic nitrogens is 1. The molecule has 0 fully saturated rings. The average molecular weight is 513 g/mol. The summed E-state index contributed by atoms with van der Waals surface area (Å²) >= 11 is 3.79. The number of nitrogens with two attached hydrogens (primary N) is 1. The van der Waals surface area contributed by atoms with Gasteiger partial charge in [0.05, 0.1) is 10.7 Å². The summed E-state index contributed by atoms with van der Waals surface area (Å²) in [6, 6.07) is 15.1. The first-order chi connectivity index (χ1) is 15.4. The second kappa shape index (κ2) is 9.80. The minimum absolute atomic E-state index is 0.329. The summed E-state index contributed by atoms with van der Waals surface area (Å²) in [7, 11) is -4.25. The topological polar surface area (TPSA) is 126 Å². The third-order valence-corrected chi connectivity index (χ3v) is 7.74. The lowest BCUT2D eigenvalue weighted by molar-refractivity contribution is -0.648. The Hall–Kier alpha value is -2.10. The van der Waals surface area contributed by atoms with Crippen LogP contribution in [0.5, 0.6) is 0 Å². The van der Waals surface area contributed by atoms with Gasteiger partial charge in [-0.1, -0.05) is 52.4 Å². The molecule has 3 aromatic rings. The second-order valence-corrected chi connectivity index (χ2v) is 10.7. The van der Waals surface area contributed by atoms with Gasteiger partial charge in [-0.15, -0.1) is 4.33 Å². The van der Waals surface area contributed by atoms with E-state index in [9.17, 15) is 13.0 Å². The van der Waals surface area contributed by atoms with Gasteiger partial charge in [-0.3, -0.25) is 4.55 Å². The first-order valence-electron chi connectivity index (χ1n) is 9.05. The molecule has 0 saturated heterocycles. The van der Waals surface area contributed by atoms with Gasteiger partial charge in [-0.25, -0.2) is 5.26 Å². The molecule has 1 aliphatic rings. The van der Waals surface area contributed by atoms with Gasteiger partial charge in [0.25, 0.3) is 15.1 Å². The molecule has 4 rings (SSSR count). The van der Waals surface area contributed by atoms with E-state index in [1.165, 1.54) is 28.0 Å². The number of benzene rings is 2. The number of allylic oxidation sites excluding steroid dienone is 1. The van der Waals surface area contributed by atoms with Crippen LogP contribution in [0.25, 0.3) is 16.3 Å². The highest BCUT2D eigenvalue weighted by atomic mass is 32.2. The van der Waals surface area contributed by atoms with Gasteiger partial charge in [0.1, 0.15) is 16.7 Å². The molecule has 0 bridgehead atoms. The van der Waals surface area contributed by atoms with Crippen LogP contribution in [-0.2, 0) is 25.4 Å². The van der Waals surface area contributed by atoms with Gasteiger partial charge in [0, 0.05) is 22.7 Å². The number of rotatable bonds is 8. The summed E-state index contributed by atoms with van der Waals surface area (Å²) in [5, 5.41) is 13.5. The third kappa shape index (κ3) is 5.27. The van der Waals surface area contributed by atoms with Crippen molar-refractivity contribution in [3.63, 3.8) is 0 Å². The molecule has 32 heavy (non-hydrogen) atoms. The Kier molecular flexibility index (Phi) is 7.07. The molecule has 9 nitrogen and oxygen atoms in total. The number of thiazole rings is 1. The van der Waals surface area contributed by atoms with E-state index in [1.54, 1.807) is 24.3 Å². The van der Waals surface area contributed by atoms with Gasteiger partial charge in [-0.05, 0) is 24.3 Å². The molecule has 0 unspecified atom stereocenters. The van der Waals surface area contributed by atoms with Crippen molar-refractivity contribution in [2.75, 3.05) is 10.8 Å². The van der Waals surface area contributed by atoms with Crippen molar-refractivity contribution in [2.45, 2.75) is 10.8 Å². The fraction of sp³-hybridized carbons (Fsp3) is 0.105. The molecule has 1 aromatic heterocycles. The maximum absolute atomic E-state index is 11.6. The smallest absolute Gasteiger partial charge is 0.283 e. The van der Waals surface area contributed by atoms with E-state index < -0.39 is 16.0 Å². The summed E-state index contributed by atoms with van der Waals surface area (Å²) < 4.78 is 40.1.